The second kappa shape index (κ2) is 7.75. The van der Waals surface area contributed by atoms with E-state index in [1.807, 2.05) is 4.90 Å². The van der Waals surface area contributed by atoms with Gasteiger partial charge in [0.15, 0.2) is 5.82 Å². The molecule has 1 atom stereocenters. The van der Waals surface area contributed by atoms with E-state index in [1.165, 1.54) is 11.9 Å². The summed E-state index contributed by atoms with van der Waals surface area (Å²) in [6.45, 7) is 5.35. The zero-order valence-electron chi connectivity index (χ0n) is 16.0. The van der Waals surface area contributed by atoms with Gasteiger partial charge in [0.05, 0.1) is 0 Å². The highest BCUT2D eigenvalue weighted by Gasteiger charge is 2.23. The number of anilines is 2. The molecule has 1 N–H and O–H groups in total. The molecule has 1 unspecified atom stereocenters. The van der Waals surface area contributed by atoms with Crippen LogP contribution < -0.4 is 5.32 Å². The second-order valence-corrected chi connectivity index (χ2v) is 7.14. The summed E-state index contributed by atoms with van der Waals surface area (Å²) in [5.74, 6) is 1.66. The van der Waals surface area contributed by atoms with E-state index in [2.05, 4.69) is 50.5 Å². The summed E-state index contributed by atoms with van der Waals surface area (Å²) in [4.78, 5) is 26.1. The molecule has 1 amide bonds. The monoisotopic (exact) mass is 377 g/mol. The Kier molecular flexibility index (Phi) is 5.01. The van der Waals surface area contributed by atoms with Crippen LogP contribution in [0.1, 0.15) is 36.8 Å². The van der Waals surface area contributed by atoms with Crippen molar-refractivity contribution in [1.82, 2.24) is 29.6 Å². The molecule has 0 aliphatic carbocycles. The normalized spacial score (nSPS) is 16.8. The van der Waals surface area contributed by atoms with Crippen molar-refractivity contribution >= 4 is 17.5 Å². The minimum absolute atomic E-state index is 0.148. The molecule has 1 aliphatic heterocycles. The first-order valence-electron chi connectivity index (χ1n) is 9.40. The third-order valence-electron chi connectivity index (χ3n) is 4.99. The maximum Gasteiger partial charge on any atom is 0.247 e. The minimum Gasteiger partial charge on any atom is -0.342 e. The van der Waals surface area contributed by atoms with E-state index in [0.29, 0.717) is 17.7 Å². The number of hydrogen-bond acceptors (Lipinski definition) is 6. The van der Waals surface area contributed by atoms with Gasteiger partial charge in [-0.25, -0.2) is 14.6 Å². The van der Waals surface area contributed by atoms with Crippen LogP contribution in [0, 0.1) is 6.92 Å². The lowest BCUT2D eigenvalue weighted by atomic mass is 9.89. The molecule has 3 heterocycles. The Bertz CT molecular complexity index is 970. The van der Waals surface area contributed by atoms with E-state index in [1.54, 1.807) is 30.2 Å². The number of carbonyl (C=O) groups is 1. The Labute approximate surface area is 163 Å². The fraction of sp³-hybridized carbons (Fsp3) is 0.350. The maximum absolute atomic E-state index is 11.8. The van der Waals surface area contributed by atoms with Crippen molar-refractivity contribution in [2.45, 2.75) is 32.6 Å². The molecule has 0 saturated carbocycles. The number of aryl methyl sites for hydroxylation is 1. The zero-order chi connectivity index (χ0) is 19.5. The SMILES string of the molecule is CC(=O)N1CCCC(c2cc(C)cc(Nc3ncn(-c4ccncn4)n3)c2)C1. The number of aromatic nitrogens is 5. The third-order valence-corrected chi connectivity index (χ3v) is 4.99. The first kappa shape index (κ1) is 18.1. The summed E-state index contributed by atoms with van der Waals surface area (Å²) in [5, 5.41) is 7.72. The molecule has 1 saturated heterocycles. The highest BCUT2D eigenvalue weighted by molar-refractivity contribution is 5.73. The molecule has 28 heavy (non-hydrogen) atoms. The van der Waals surface area contributed by atoms with E-state index in [9.17, 15) is 4.79 Å². The average Bonchev–Trinajstić information content (AvgIpc) is 3.17. The number of piperidine rings is 1. The van der Waals surface area contributed by atoms with Gasteiger partial charge >= 0.3 is 0 Å². The fourth-order valence-corrected chi connectivity index (χ4v) is 3.63. The predicted octanol–water partition coefficient (Wildman–Crippen LogP) is 2.84. The lowest BCUT2D eigenvalue weighted by Crippen LogP contribution is -2.37. The highest BCUT2D eigenvalue weighted by atomic mass is 16.2. The molecule has 3 aromatic rings. The van der Waals surface area contributed by atoms with Gasteiger partial charge in [0, 0.05) is 43.9 Å². The van der Waals surface area contributed by atoms with Gasteiger partial charge in [-0.3, -0.25) is 4.79 Å². The van der Waals surface area contributed by atoms with Gasteiger partial charge in [-0.05, 0) is 43.0 Å². The van der Waals surface area contributed by atoms with Crippen LogP contribution in [0.5, 0.6) is 0 Å². The molecular weight excluding hydrogens is 354 g/mol. The first-order chi connectivity index (χ1) is 13.6. The molecule has 8 heteroatoms. The molecule has 4 rings (SSSR count). The minimum atomic E-state index is 0.148. The molecule has 8 nitrogen and oxygen atoms in total. The Morgan fingerprint density at radius 1 is 1.25 bits per heavy atom. The zero-order valence-corrected chi connectivity index (χ0v) is 16.0. The standard InChI is InChI=1S/C20H23N7O/c1-14-8-17(16-4-3-7-26(11-16)15(2)28)10-18(9-14)24-20-23-13-27(25-20)19-5-6-21-12-22-19/h5-6,8-10,12-13,16H,3-4,7,11H2,1-2H3,(H,24,25). The van der Waals surface area contributed by atoms with Crippen molar-refractivity contribution in [1.29, 1.82) is 0 Å². The lowest BCUT2D eigenvalue weighted by Gasteiger charge is -2.32. The fourth-order valence-electron chi connectivity index (χ4n) is 3.63. The molecule has 1 aliphatic rings. The van der Waals surface area contributed by atoms with Crippen LogP contribution in [0.3, 0.4) is 0 Å². The van der Waals surface area contributed by atoms with Crippen molar-refractivity contribution in [3.8, 4) is 5.82 Å². The number of benzene rings is 1. The smallest absolute Gasteiger partial charge is 0.247 e. The largest absolute Gasteiger partial charge is 0.342 e. The number of carbonyl (C=O) groups excluding carboxylic acids is 1. The number of nitrogens with one attached hydrogen (secondary N) is 1. The van der Waals surface area contributed by atoms with Gasteiger partial charge < -0.3 is 10.2 Å². The molecule has 1 aromatic carbocycles. The van der Waals surface area contributed by atoms with Crippen LogP contribution in [0.2, 0.25) is 0 Å². The Morgan fingerprint density at radius 3 is 2.93 bits per heavy atom. The first-order valence-corrected chi connectivity index (χ1v) is 9.40. The summed E-state index contributed by atoms with van der Waals surface area (Å²) in [6.07, 6.45) is 6.89. The summed E-state index contributed by atoms with van der Waals surface area (Å²) in [7, 11) is 0. The topological polar surface area (TPSA) is 88.8 Å². The van der Waals surface area contributed by atoms with Gasteiger partial charge in [0.25, 0.3) is 0 Å². The molecule has 2 aromatic heterocycles. The van der Waals surface area contributed by atoms with E-state index in [-0.39, 0.29) is 5.91 Å². The van der Waals surface area contributed by atoms with Crippen LogP contribution >= 0.6 is 0 Å². The number of rotatable bonds is 4. The average molecular weight is 377 g/mol. The van der Waals surface area contributed by atoms with Crippen molar-refractivity contribution in [2.75, 3.05) is 18.4 Å². The highest BCUT2D eigenvalue weighted by Crippen LogP contribution is 2.30. The van der Waals surface area contributed by atoms with Gasteiger partial charge in [0.1, 0.15) is 12.7 Å². The van der Waals surface area contributed by atoms with Gasteiger partial charge in [-0.1, -0.05) is 6.07 Å². The lowest BCUT2D eigenvalue weighted by molar-refractivity contribution is -0.130. The Morgan fingerprint density at radius 2 is 2.14 bits per heavy atom. The Balaban J connectivity index is 1.53. The summed E-state index contributed by atoms with van der Waals surface area (Å²) >= 11 is 0. The summed E-state index contributed by atoms with van der Waals surface area (Å²) < 4.78 is 1.60. The van der Waals surface area contributed by atoms with E-state index in [0.717, 1.165) is 37.2 Å². The van der Waals surface area contributed by atoms with Crippen LogP contribution in [0.25, 0.3) is 5.82 Å². The third kappa shape index (κ3) is 4.00. The van der Waals surface area contributed by atoms with E-state index in [4.69, 9.17) is 0 Å². The van der Waals surface area contributed by atoms with Crippen molar-refractivity contribution in [3.05, 3.63) is 54.2 Å². The number of likely N-dealkylation sites (tertiary alicyclic amines) is 1. The summed E-state index contributed by atoms with van der Waals surface area (Å²) in [5.41, 5.74) is 3.34. The number of amides is 1. The van der Waals surface area contributed by atoms with E-state index >= 15 is 0 Å². The molecule has 1 fully saturated rings. The van der Waals surface area contributed by atoms with Crippen molar-refractivity contribution in [2.24, 2.45) is 0 Å². The molecule has 0 bridgehead atoms. The van der Waals surface area contributed by atoms with Crippen LogP contribution in [0.4, 0.5) is 11.6 Å². The molecule has 0 radical (unpaired) electrons. The molecular formula is C20H23N7O. The number of hydrogen-bond donors (Lipinski definition) is 1. The van der Waals surface area contributed by atoms with Crippen LogP contribution in [-0.4, -0.2) is 48.6 Å². The van der Waals surface area contributed by atoms with Crippen molar-refractivity contribution < 1.29 is 4.79 Å². The quantitative estimate of drug-likeness (QED) is 0.752. The van der Waals surface area contributed by atoms with Gasteiger partial charge in [-0.15, -0.1) is 5.10 Å². The predicted molar refractivity (Wildman–Crippen MR) is 106 cm³/mol. The van der Waals surface area contributed by atoms with Gasteiger partial charge in [0.2, 0.25) is 11.9 Å². The van der Waals surface area contributed by atoms with Crippen LogP contribution in [0.15, 0.2) is 43.1 Å². The van der Waals surface area contributed by atoms with E-state index < -0.39 is 0 Å². The van der Waals surface area contributed by atoms with Crippen molar-refractivity contribution in [3.63, 3.8) is 0 Å². The molecule has 0 spiro atoms. The second-order valence-electron chi connectivity index (χ2n) is 7.14. The molecule has 144 valence electrons. The maximum atomic E-state index is 11.8. The number of nitrogens with zero attached hydrogens (tertiary/aromatic N) is 6. The van der Waals surface area contributed by atoms with Crippen LogP contribution in [-0.2, 0) is 4.79 Å². The summed E-state index contributed by atoms with van der Waals surface area (Å²) in [6, 6.07) is 8.17. The Hall–Kier alpha value is -3.29. The van der Waals surface area contributed by atoms with Gasteiger partial charge in [-0.2, -0.15) is 4.98 Å².